The van der Waals surface area contributed by atoms with E-state index >= 15 is 0 Å². The van der Waals surface area contributed by atoms with Crippen LogP contribution in [-0.2, 0) is 0 Å². The van der Waals surface area contributed by atoms with Crippen LogP contribution in [0.5, 0.6) is 5.75 Å². The van der Waals surface area contributed by atoms with Gasteiger partial charge in [0.25, 0.3) is 0 Å². The Morgan fingerprint density at radius 2 is 1.58 bits per heavy atom. The summed E-state index contributed by atoms with van der Waals surface area (Å²) in [6.45, 7) is 5.05. The molecule has 1 atom stereocenters. The van der Waals surface area contributed by atoms with Crippen molar-refractivity contribution in [2.75, 3.05) is 44.2 Å². The van der Waals surface area contributed by atoms with Gasteiger partial charge in [-0.25, -0.2) is 0 Å². The summed E-state index contributed by atoms with van der Waals surface area (Å²) in [5.41, 5.74) is 1.28. The van der Waals surface area contributed by atoms with Crippen LogP contribution in [0, 0.1) is 0 Å². The molecule has 1 saturated heterocycles. The third-order valence-corrected chi connectivity index (χ3v) is 4.36. The van der Waals surface area contributed by atoms with Gasteiger partial charge in [0.15, 0.2) is 0 Å². The van der Waals surface area contributed by atoms with Crippen LogP contribution >= 0.6 is 0 Å². The lowest BCUT2D eigenvalue weighted by atomic mass is 10.3. The predicted molar refractivity (Wildman–Crippen MR) is 97.7 cm³/mol. The molecule has 0 spiro atoms. The van der Waals surface area contributed by atoms with Gasteiger partial charge in [-0.1, -0.05) is 36.4 Å². The fraction of sp³-hybridized carbons (Fsp3) is 0.400. The molecule has 0 bridgehead atoms. The van der Waals surface area contributed by atoms with Gasteiger partial charge in [0.05, 0.1) is 0 Å². The molecule has 0 aliphatic carbocycles. The van der Waals surface area contributed by atoms with E-state index in [0.29, 0.717) is 13.2 Å². The minimum absolute atomic E-state index is 0.336. The Kier molecular flexibility index (Phi) is 6.10. The summed E-state index contributed by atoms with van der Waals surface area (Å²) >= 11 is 0. The lowest BCUT2D eigenvalue weighted by molar-refractivity contribution is 0.0705. The topological polar surface area (TPSA) is 35.9 Å². The number of aliphatic hydroxyl groups is 1. The van der Waals surface area contributed by atoms with Crippen molar-refractivity contribution in [3.05, 3.63) is 60.7 Å². The van der Waals surface area contributed by atoms with Crippen molar-refractivity contribution in [1.29, 1.82) is 0 Å². The summed E-state index contributed by atoms with van der Waals surface area (Å²) in [4.78, 5) is 4.76. The van der Waals surface area contributed by atoms with Crippen molar-refractivity contribution < 1.29 is 9.84 Å². The summed E-state index contributed by atoms with van der Waals surface area (Å²) in [5.74, 6) is 0.808. The molecule has 0 amide bonds. The Morgan fingerprint density at radius 3 is 2.33 bits per heavy atom. The molecular weight excluding hydrogens is 300 g/mol. The third-order valence-electron chi connectivity index (χ3n) is 4.36. The molecule has 1 heterocycles. The lowest BCUT2D eigenvalue weighted by Gasteiger charge is -2.25. The van der Waals surface area contributed by atoms with Crippen LogP contribution in [0.25, 0.3) is 0 Å². The van der Waals surface area contributed by atoms with Gasteiger partial charge in [-0.2, -0.15) is 0 Å². The smallest absolute Gasteiger partial charge is 0.119 e. The lowest BCUT2D eigenvalue weighted by Crippen LogP contribution is -2.38. The fourth-order valence-electron chi connectivity index (χ4n) is 3.11. The van der Waals surface area contributed by atoms with Crippen LogP contribution in [0.15, 0.2) is 60.7 Å². The van der Waals surface area contributed by atoms with Gasteiger partial charge in [-0.3, -0.25) is 4.90 Å². The van der Waals surface area contributed by atoms with Gasteiger partial charge in [-0.15, -0.1) is 0 Å². The molecular formula is C20H26N2O2. The Labute approximate surface area is 144 Å². The summed E-state index contributed by atoms with van der Waals surface area (Å²) in [5, 5.41) is 10.3. The maximum Gasteiger partial charge on any atom is 0.119 e. The minimum atomic E-state index is -0.464. The Bertz CT molecular complexity index is 591. The molecule has 1 aliphatic rings. The largest absolute Gasteiger partial charge is 0.491 e. The number of β-amino-alcohol motifs (C(OH)–C–C–N with tert-alkyl or cyclic N) is 1. The number of aliphatic hydroxyl groups excluding tert-OH is 1. The maximum atomic E-state index is 10.3. The summed E-state index contributed by atoms with van der Waals surface area (Å²) < 4.78 is 5.64. The second kappa shape index (κ2) is 8.71. The molecule has 0 saturated carbocycles. The van der Waals surface area contributed by atoms with Gasteiger partial charge in [-0.05, 0) is 37.2 Å². The molecule has 24 heavy (non-hydrogen) atoms. The van der Waals surface area contributed by atoms with Crippen LogP contribution in [0.4, 0.5) is 5.69 Å². The molecule has 1 N–H and O–H groups in total. The number of para-hydroxylation sites is 2. The summed E-state index contributed by atoms with van der Waals surface area (Å²) in [6, 6.07) is 20.2. The van der Waals surface area contributed by atoms with Crippen LogP contribution < -0.4 is 9.64 Å². The van der Waals surface area contributed by atoms with Gasteiger partial charge >= 0.3 is 0 Å². The first kappa shape index (κ1) is 16.8. The van der Waals surface area contributed by atoms with Gasteiger partial charge in [0.1, 0.15) is 18.5 Å². The van der Waals surface area contributed by atoms with Crippen LogP contribution in [-0.4, -0.2) is 55.4 Å². The normalized spacial score (nSPS) is 17.3. The Hall–Kier alpha value is -2.04. The monoisotopic (exact) mass is 326 g/mol. The second-order valence-corrected chi connectivity index (χ2v) is 6.25. The van der Waals surface area contributed by atoms with Crippen molar-refractivity contribution in [3.63, 3.8) is 0 Å². The average Bonchev–Trinajstić information content (AvgIpc) is 2.87. The van der Waals surface area contributed by atoms with Crippen molar-refractivity contribution in [1.82, 2.24) is 4.90 Å². The Balaban J connectivity index is 1.44. The second-order valence-electron chi connectivity index (χ2n) is 6.25. The zero-order valence-electron chi connectivity index (χ0n) is 14.1. The number of benzene rings is 2. The first-order valence-electron chi connectivity index (χ1n) is 8.69. The Morgan fingerprint density at radius 1 is 0.875 bits per heavy atom. The van der Waals surface area contributed by atoms with Gasteiger partial charge < -0.3 is 14.7 Å². The van der Waals surface area contributed by atoms with Crippen molar-refractivity contribution in [2.24, 2.45) is 0 Å². The first-order chi connectivity index (χ1) is 11.8. The first-order valence-corrected chi connectivity index (χ1v) is 8.69. The zero-order valence-corrected chi connectivity index (χ0v) is 14.1. The van der Waals surface area contributed by atoms with E-state index in [2.05, 4.69) is 40.1 Å². The molecule has 0 radical (unpaired) electrons. The highest BCUT2D eigenvalue weighted by molar-refractivity contribution is 5.46. The van der Waals surface area contributed by atoms with E-state index in [1.807, 2.05) is 30.3 Å². The van der Waals surface area contributed by atoms with Crippen molar-refractivity contribution in [2.45, 2.75) is 12.5 Å². The standard InChI is InChI=1S/C20H26N2O2/c23-19(17-24-20-10-5-2-6-11-20)16-21-12-7-13-22(15-14-21)18-8-3-1-4-9-18/h1-6,8-11,19,23H,7,12-17H2/t19-/m1/s1. The molecule has 4 nitrogen and oxygen atoms in total. The van der Waals surface area contributed by atoms with E-state index < -0.39 is 6.10 Å². The molecule has 2 aromatic carbocycles. The third kappa shape index (κ3) is 4.98. The number of rotatable bonds is 6. The molecule has 0 unspecified atom stereocenters. The number of ether oxygens (including phenoxy) is 1. The van der Waals surface area contributed by atoms with E-state index in [-0.39, 0.29) is 0 Å². The van der Waals surface area contributed by atoms with Crippen LogP contribution in [0.1, 0.15) is 6.42 Å². The van der Waals surface area contributed by atoms with Gasteiger partial charge in [0, 0.05) is 31.9 Å². The molecule has 128 valence electrons. The molecule has 2 aromatic rings. The predicted octanol–water partition coefficient (Wildman–Crippen LogP) is 2.64. The zero-order chi connectivity index (χ0) is 16.6. The number of hydrogen-bond acceptors (Lipinski definition) is 4. The minimum Gasteiger partial charge on any atom is -0.491 e. The van der Waals surface area contributed by atoms with Crippen LogP contribution in [0.3, 0.4) is 0 Å². The quantitative estimate of drug-likeness (QED) is 0.885. The maximum absolute atomic E-state index is 10.3. The van der Waals surface area contributed by atoms with E-state index in [4.69, 9.17) is 4.74 Å². The fourth-order valence-corrected chi connectivity index (χ4v) is 3.11. The molecule has 3 rings (SSSR count). The SMILES string of the molecule is O[C@@H](COc1ccccc1)CN1CCCN(c2ccccc2)CC1. The molecule has 0 aromatic heterocycles. The summed E-state index contributed by atoms with van der Waals surface area (Å²) in [7, 11) is 0. The number of nitrogens with zero attached hydrogens (tertiary/aromatic N) is 2. The van der Waals surface area contributed by atoms with Crippen molar-refractivity contribution >= 4 is 5.69 Å². The molecule has 4 heteroatoms. The highest BCUT2D eigenvalue weighted by Crippen LogP contribution is 2.16. The highest BCUT2D eigenvalue weighted by Gasteiger charge is 2.18. The van der Waals surface area contributed by atoms with E-state index in [1.165, 1.54) is 5.69 Å². The molecule has 1 fully saturated rings. The van der Waals surface area contributed by atoms with Crippen LogP contribution in [0.2, 0.25) is 0 Å². The van der Waals surface area contributed by atoms with E-state index in [0.717, 1.165) is 38.3 Å². The van der Waals surface area contributed by atoms with E-state index in [1.54, 1.807) is 0 Å². The van der Waals surface area contributed by atoms with Gasteiger partial charge in [0.2, 0.25) is 0 Å². The summed E-state index contributed by atoms with van der Waals surface area (Å²) in [6.07, 6.45) is 0.648. The highest BCUT2D eigenvalue weighted by atomic mass is 16.5. The van der Waals surface area contributed by atoms with E-state index in [9.17, 15) is 5.11 Å². The number of hydrogen-bond donors (Lipinski definition) is 1. The van der Waals surface area contributed by atoms with Crippen molar-refractivity contribution in [3.8, 4) is 5.75 Å². The average molecular weight is 326 g/mol. The molecule has 1 aliphatic heterocycles. The number of anilines is 1.